The van der Waals surface area contributed by atoms with E-state index in [1.807, 2.05) is 0 Å². The van der Waals surface area contributed by atoms with Gasteiger partial charge in [0.05, 0.1) is 15.8 Å². The number of hydrogen-bond donors (Lipinski definition) is 3. The molecule has 0 bridgehead atoms. The first-order valence-corrected chi connectivity index (χ1v) is 6.82. The molecule has 124 valence electrons. The predicted octanol–water partition coefficient (Wildman–Crippen LogP) is 2.46. The lowest BCUT2D eigenvalue weighted by atomic mass is 10.1. The number of nitrogens with one attached hydrogen (secondary N) is 2. The van der Waals surface area contributed by atoms with Crippen LogP contribution in [0.4, 0.5) is 17.2 Å². The van der Waals surface area contributed by atoms with Gasteiger partial charge in [-0.15, -0.1) is 10.2 Å². The molecule has 0 saturated carbocycles. The summed E-state index contributed by atoms with van der Waals surface area (Å²) in [6.45, 7) is 1.44. The van der Waals surface area contributed by atoms with Crippen LogP contribution in [0.25, 0.3) is 10.9 Å². The van der Waals surface area contributed by atoms with E-state index < -0.39 is 16.4 Å². The van der Waals surface area contributed by atoms with Crippen LogP contribution in [0.3, 0.4) is 0 Å². The number of nitro groups is 1. The minimum Gasteiger partial charge on any atom is -0.494 e. The highest BCUT2D eigenvalue weighted by Gasteiger charge is 2.15. The summed E-state index contributed by atoms with van der Waals surface area (Å²) in [5.41, 5.74) is -0.515. The van der Waals surface area contributed by atoms with Gasteiger partial charge < -0.3 is 5.11 Å². The lowest BCUT2D eigenvalue weighted by molar-refractivity contribution is -0.384. The van der Waals surface area contributed by atoms with Crippen molar-refractivity contribution in [2.45, 2.75) is 6.92 Å². The van der Waals surface area contributed by atoms with Crippen molar-refractivity contribution in [3.63, 3.8) is 0 Å². The van der Waals surface area contributed by atoms with Gasteiger partial charge in [0, 0.05) is 17.7 Å². The number of hydrogen-bond acceptors (Lipinski definition) is 8. The second-order valence-electron chi connectivity index (χ2n) is 5.00. The Morgan fingerprint density at radius 3 is 2.84 bits per heavy atom. The Kier molecular flexibility index (Phi) is 3.70. The van der Waals surface area contributed by atoms with Crippen LogP contribution < -0.4 is 5.56 Å². The molecule has 0 spiro atoms. The first kappa shape index (κ1) is 15.8. The zero-order valence-electron chi connectivity index (χ0n) is 12.6. The number of fused-ring (bicyclic) bond motifs is 1. The van der Waals surface area contributed by atoms with Crippen LogP contribution >= 0.6 is 0 Å². The zero-order valence-corrected chi connectivity index (χ0v) is 12.6. The van der Waals surface area contributed by atoms with Crippen LogP contribution in [0.5, 0.6) is 5.88 Å². The van der Waals surface area contributed by atoms with E-state index in [0.717, 1.165) is 0 Å². The number of aromatic amines is 2. The van der Waals surface area contributed by atoms with Crippen LogP contribution in [0.1, 0.15) is 11.1 Å². The van der Waals surface area contributed by atoms with Crippen molar-refractivity contribution in [3.8, 4) is 11.9 Å². The number of azo groups is 1. The number of aromatic hydroxyl groups is 1. The maximum absolute atomic E-state index is 11.9. The Bertz CT molecular complexity index is 1140. The summed E-state index contributed by atoms with van der Waals surface area (Å²) in [7, 11) is 0. The highest BCUT2D eigenvalue weighted by molar-refractivity contribution is 5.89. The number of nitro benzene ring substituents is 1. The van der Waals surface area contributed by atoms with Crippen molar-refractivity contribution < 1.29 is 10.0 Å². The van der Waals surface area contributed by atoms with Gasteiger partial charge in [-0.25, -0.2) is 0 Å². The highest BCUT2D eigenvalue weighted by Crippen LogP contribution is 2.29. The molecule has 25 heavy (non-hydrogen) atoms. The second kappa shape index (κ2) is 5.85. The molecule has 0 atom stereocenters. The quantitative estimate of drug-likeness (QED) is 0.375. The fraction of sp³-hybridized carbons (Fsp3) is 0.0714. The van der Waals surface area contributed by atoms with Gasteiger partial charge in [0.15, 0.2) is 5.69 Å². The highest BCUT2D eigenvalue weighted by atomic mass is 16.6. The largest absolute Gasteiger partial charge is 0.494 e. The van der Waals surface area contributed by atoms with E-state index in [0.29, 0.717) is 10.9 Å². The van der Waals surface area contributed by atoms with E-state index in [1.165, 1.54) is 25.1 Å². The number of aromatic nitrogens is 3. The van der Waals surface area contributed by atoms with Crippen molar-refractivity contribution in [2.75, 3.05) is 0 Å². The molecule has 3 rings (SSSR count). The van der Waals surface area contributed by atoms with Crippen molar-refractivity contribution >= 4 is 28.1 Å². The molecule has 0 unspecified atom stereocenters. The molecule has 3 N–H and O–H groups in total. The van der Waals surface area contributed by atoms with Crippen molar-refractivity contribution in [1.82, 2.24) is 15.2 Å². The summed E-state index contributed by atoms with van der Waals surface area (Å²) in [4.78, 5) is 24.3. The molecule has 3 aromatic rings. The molecule has 0 aliphatic heterocycles. The van der Waals surface area contributed by atoms with Gasteiger partial charge in [0.25, 0.3) is 11.2 Å². The number of nitriles is 1. The molecular formula is C14H9N7O4. The number of benzene rings is 1. The fourth-order valence-electron chi connectivity index (χ4n) is 2.23. The third kappa shape index (κ3) is 2.68. The van der Waals surface area contributed by atoms with Gasteiger partial charge in [-0.1, -0.05) is 0 Å². The number of pyridine rings is 1. The van der Waals surface area contributed by atoms with Gasteiger partial charge in [0.2, 0.25) is 11.7 Å². The molecule has 0 saturated heterocycles. The Morgan fingerprint density at radius 2 is 2.16 bits per heavy atom. The smallest absolute Gasteiger partial charge is 0.278 e. The van der Waals surface area contributed by atoms with Gasteiger partial charge in [-0.05, 0) is 13.0 Å². The minimum atomic E-state index is -0.733. The first-order chi connectivity index (χ1) is 11.9. The SMILES string of the molecule is Cc1c(C#N)c(O)[nH]c(=O)c1N=Nc1n[nH]c2ccc([N+](=O)[O-])cc12. The molecule has 0 amide bonds. The van der Waals surface area contributed by atoms with Crippen LogP contribution in [-0.2, 0) is 0 Å². The Morgan fingerprint density at radius 1 is 1.40 bits per heavy atom. The minimum absolute atomic E-state index is 0.0454. The number of non-ortho nitro benzene ring substituents is 1. The van der Waals surface area contributed by atoms with Crippen LogP contribution in [0.2, 0.25) is 0 Å². The molecule has 0 aliphatic carbocycles. The van der Waals surface area contributed by atoms with Crippen LogP contribution in [0.15, 0.2) is 33.2 Å². The molecule has 0 aliphatic rings. The third-order valence-electron chi connectivity index (χ3n) is 3.51. The lowest BCUT2D eigenvalue weighted by Crippen LogP contribution is -2.08. The summed E-state index contributed by atoms with van der Waals surface area (Å²) in [5.74, 6) is -0.506. The average Bonchev–Trinajstić information content (AvgIpc) is 2.97. The maximum atomic E-state index is 11.9. The average molecular weight is 339 g/mol. The van der Waals surface area contributed by atoms with Gasteiger partial charge in [-0.2, -0.15) is 10.4 Å². The number of rotatable bonds is 3. The standard InChI is InChI=1S/C14H9N7O4/c1-6-9(5-15)13(22)16-14(23)11(6)18-20-12-8-4-7(21(24)25)2-3-10(8)17-19-12/h2-4H,1H3,(H,17,19)(H2,16,22,23). The zero-order chi connectivity index (χ0) is 18.1. The normalized spacial score (nSPS) is 11.0. The van der Waals surface area contributed by atoms with E-state index in [9.17, 15) is 20.0 Å². The van der Waals surface area contributed by atoms with Crippen molar-refractivity contribution in [1.29, 1.82) is 5.26 Å². The Labute approximate surface area is 138 Å². The van der Waals surface area contributed by atoms with E-state index in [2.05, 4.69) is 25.4 Å². The molecule has 11 heteroatoms. The predicted molar refractivity (Wildman–Crippen MR) is 85.1 cm³/mol. The van der Waals surface area contributed by atoms with Crippen LogP contribution in [-0.4, -0.2) is 25.2 Å². The molecule has 11 nitrogen and oxygen atoms in total. The number of nitrogens with zero attached hydrogens (tertiary/aromatic N) is 5. The molecule has 0 fully saturated rings. The molecular weight excluding hydrogens is 330 g/mol. The molecule has 1 aromatic carbocycles. The Hall–Kier alpha value is -4.07. The molecule has 0 radical (unpaired) electrons. The third-order valence-corrected chi connectivity index (χ3v) is 3.51. The maximum Gasteiger partial charge on any atom is 0.278 e. The summed E-state index contributed by atoms with van der Waals surface area (Å²) in [5, 5.41) is 43.9. The van der Waals surface area contributed by atoms with Crippen molar-refractivity contribution in [2.24, 2.45) is 10.2 Å². The summed E-state index contributed by atoms with van der Waals surface area (Å²) >= 11 is 0. The van der Waals surface area contributed by atoms with E-state index >= 15 is 0 Å². The van der Waals surface area contributed by atoms with E-state index in [-0.39, 0.29) is 28.3 Å². The monoisotopic (exact) mass is 339 g/mol. The van der Waals surface area contributed by atoms with Crippen molar-refractivity contribution in [3.05, 3.63) is 49.8 Å². The van der Waals surface area contributed by atoms with E-state index in [1.54, 1.807) is 6.07 Å². The summed E-state index contributed by atoms with van der Waals surface area (Å²) in [6.07, 6.45) is 0. The van der Waals surface area contributed by atoms with Gasteiger partial charge in [0.1, 0.15) is 11.6 Å². The topological polar surface area (TPSA) is 173 Å². The van der Waals surface area contributed by atoms with E-state index in [4.69, 9.17) is 5.26 Å². The number of H-pyrrole nitrogens is 2. The van der Waals surface area contributed by atoms with Crippen LogP contribution in [0, 0.1) is 28.4 Å². The van der Waals surface area contributed by atoms with Gasteiger partial charge in [-0.3, -0.25) is 25.0 Å². The van der Waals surface area contributed by atoms with Gasteiger partial charge >= 0.3 is 0 Å². The lowest BCUT2D eigenvalue weighted by Gasteiger charge is -2.02. The fourth-order valence-corrected chi connectivity index (χ4v) is 2.23. The molecule has 2 heterocycles. The summed E-state index contributed by atoms with van der Waals surface area (Å²) in [6, 6.07) is 5.83. The summed E-state index contributed by atoms with van der Waals surface area (Å²) < 4.78 is 0. The second-order valence-corrected chi connectivity index (χ2v) is 5.00. The Balaban J connectivity index is 2.11. The molecule has 2 aromatic heterocycles. The first-order valence-electron chi connectivity index (χ1n) is 6.82.